The number of anilines is 4. The second-order valence-electron chi connectivity index (χ2n) is 9.48. The fourth-order valence-electron chi connectivity index (χ4n) is 4.57. The summed E-state index contributed by atoms with van der Waals surface area (Å²) in [6.45, 7) is 2.68. The molecule has 1 fully saturated rings. The minimum absolute atomic E-state index is 0.294. The molecule has 0 bridgehead atoms. The van der Waals surface area contributed by atoms with Crippen LogP contribution in [0.5, 0.6) is 5.75 Å². The Morgan fingerprint density at radius 1 is 0.949 bits per heavy atom. The van der Waals surface area contributed by atoms with Crippen molar-refractivity contribution >= 4 is 39.8 Å². The highest BCUT2D eigenvalue weighted by molar-refractivity contribution is 6.00. The zero-order chi connectivity index (χ0) is 27.0. The Hall–Kier alpha value is -4.31. The second kappa shape index (κ2) is 12.5. The molecule has 0 saturated carbocycles. The van der Waals surface area contributed by atoms with E-state index in [-0.39, 0.29) is 6.67 Å². The van der Waals surface area contributed by atoms with Gasteiger partial charge in [0.15, 0.2) is 0 Å². The van der Waals surface area contributed by atoms with Crippen molar-refractivity contribution < 1.29 is 18.3 Å². The number of halogens is 2. The summed E-state index contributed by atoms with van der Waals surface area (Å²) in [6, 6.07) is 18.1. The van der Waals surface area contributed by atoms with Crippen molar-refractivity contribution in [1.82, 2.24) is 14.9 Å². The fraction of sp³-hybridized carbons (Fsp3) is 0.276. The predicted molar refractivity (Wildman–Crippen MR) is 149 cm³/mol. The van der Waals surface area contributed by atoms with Crippen LogP contribution in [-0.2, 0) is 0 Å². The van der Waals surface area contributed by atoms with E-state index in [1.807, 2.05) is 30.3 Å². The molecule has 1 aliphatic rings. The minimum atomic E-state index is -0.469. The van der Waals surface area contributed by atoms with Gasteiger partial charge >= 0.3 is 6.03 Å². The molecule has 3 aromatic carbocycles. The van der Waals surface area contributed by atoms with E-state index in [1.165, 1.54) is 24.5 Å². The number of nitrogens with zero attached hydrogens (tertiary/aromatic N) is 3. The highest BCUT2D eigenvalue weighted by Gasteiger charge is 2.19. The summed E-state index contributed by atoms with van der Waals surface area (Å²) in [6.07, 6.45) is 3.52. The van der Waals surface area contributed by atoms with Crippen LogP contribution in [-0.4, -0.2) is 53.8 Å². The first kappa shape index (κ1) is 26.3. The van der Waals surface area contributed by atoms with Gasteiger partial charge in [-0.2, -0.15) is 0 Å². The number of carbonyl (C=O) groups excluding carboxylic acids is 1. The van der Waals surface area contributed by atoms with Crippen molar-refractivity contribution in [2.45, 2.75) is 12.8 Å². The standard InChI is InChI=1S/C29H30F2N6O2/c30-12-15-37-13-10-20(11-14-37)18-39-25-8-9-26-27(17-25)32-19-33-28(26)34-22-4-6-23(7-5-22)35-29(38)36-24-3-1-2-21(31)16-24/h1-9,16-17,19-20H,10-15,18H2,(H,32,33,34)(H2,35,36,38). The zero-order valence-corrected chi connectivity index (χ0v) is 21.4. The molecule has 4 aromatic rings. The van der Waals surface area contributed by atoms with E-state index < -0.39 is 11.8 Å². The number of alkyl halides is 1. The molecule has 10 heteroatoms. The van der Waals surface area contributed by atoms with Gasteiger partial charge in [-0.15, -0.1) is 0 Å². The summed E-state index contributed by atoms with van der Waals surface area (Å²) in [4.78, 5) is 23.2. The number of urea groups is 1. The van der Waals surface area contributed by atoms with Crippen LogP contribution in [0, 0.1) is 11.7 Å². The van der Waals surface area contributed by atoms with Gasteiger partial charge in [0.25, 0.3) is 0 Å². The van der Waals surface area contributed by atoms with Crippen molar-refractivity contribution in [1.29, 1.82) is 0 Å². The molecule has 1 aromatic heterocycles. The average Bonchev–Trinajstić information content (AvgIpc) is 2.94. The second-order valence-corrected chi connectivity index (χ2v) is 9.48. The Labute approximate surface area is 225 Å². The molecule has 39 heavy (non-hydrogen) atoms. The average molecular weight is 533 g/mol. The molecule has 8 nitrogen and oxygen atoms in total. The monoisotopic (exact) mass is 532 g/mol. The maximum atomic E-state index is 13.3. The van der Waals surface area contributed by atoms with Gasteiger partial charge in [-0.05, 0) is 86.4 Å². The molecule has 3 N–H and O–H groups in total. The largest absolute Gasteiger partial charge is 0.493 e. The molecule has 0 unspecified atom stereocenters. The lowest BCUT2D eigenvalue weighted by Gasteiger charge is -2.31. The summed E-state index contributed by atoms with van der Waals surface area (Å²) < 4.78 is 31.9. The molecular weight excluding hydrogens is 502 g/mol. The quantitative estimate of drug-likeness (QED) is 0.237. The third-order valence-corrected chi connectivity index (χ3v) is 6.69. The first-order valence-electron chi connectivity index (χ1n) is 12.9. The van der Waals surface area contributed by atoms with Gasteiger partial charge in [0.05, 0.1) is 12.1 Å². The Bertz CT molecular complexity index is 1410. The van der Waals surface area contributed by atoms with Crippen LogP contribution >= 0.6 is 0 Å². The van der Waals surface area contributed by atoms with Gasteiger partial charge in [-0.1, -0.05) is 6.07 Å². The Morgan fingerprint density at radius 3 is 2.49 bits per heavy atom. The number of rotatable bonds is 9. The topological polar surface area (TPSA) is 91.4 Å². The number of likely N-dealkylation sites (tertiary alicyclic amines) is 1. The third-order valence-electron chi connectivity index (χ3n) is 6.69. The number of nitrogens with one attached hydrogen (secondary N) is 3. The lowest BCUT2D eigenvalue weighted by molar-refractivity contribution is 0.135. The number of ether oxygens (including phenoxy) is 1. The highest BCUT2D eigenvalue weighted by atomic mass is 19.1. The molecule has 2 amide bonds. The van der Waals surface area contributed by atoms with Crippen molar-refractivity contribution in [2.24, 2.45) is 5.92 Å². The van der Waals surface area contributed by atoms with E-state index in [2.05, 4.69) is 30.8 Å². The molecule has 2 heterocycles. The van der Waals surface area contributed by atoms with Crippen molar-refractivity contribution in [3.8, 4) is 5.75 Å². The molecular formula is C29H30F2N6O2. The number of aromatic nitrogens is 2. The van der Waals surface area contributed by atoms with Gasteiger partial charge in [0, 0.05) is 35.1 Å². The van der Waals surface area contributed by atoms with E-state index in [1.54, 1.807) is 18.2 Å². The molecule has 1 saturated heterocycles. The van der Waals surface area contributed by atoms with Crippen LogP contribution in [0.1, 0.15) is 12.8 Å². The van der Waals surface area contributed by atoms with Crippen molar-refractivity contribution in [3.05, 3.63) is 78.9 Å². The fourth-order valence-corrected chi connectivity index (χ4v) is 4.57. The van der Waals surface area contributed by atoms with Crippen LogP contribution in [0.3, 0.4) is 0 Å². The van der Waals surface area contributed by atoms with E-state index in [4.69, 9.17) is 4.74 Å². The van der Waals surface area contributed by atoms with E-state index in [0.717, 1.165) is 48.3 Å². The molecule has 0 spiro atoms. The van der Waals surface area contributed by atoms with Crippen molar-refractivity contribution in [2.75, 3.05) is 48.9 Å². The Balaban J connectivity index is 1.16. The first-order chi connectivity index (χ1) is 19.1. The van der Waals surface area contributed by atoms with Crippen LogP contribution in [0.15, 0.2) is 73.1 Å². The van der Waals surface area contributed by atoms with Gasteiger partial charge in [-0.25, -0.2) is 23.5 Å². The molecule has 202 valence electrons. The normalized spacial score (nSPS) is 14.2. The van der Waals surface area contributed by atoms with Crippen LogP contribution in [0.25, 0.3) is 10.9 Å². The Morgan fingerprint density at radius 2 is 1.72 bits per heavy atom. The van der Waals surface area contributed by atoms with E-state index >= 15 is 0 Å². The Kier molecular flexibility index (Phi) is 8.42. The lowest BCUT2D eigenvalue weighted by atomic mass is 9.98. The van der Waals surface area contributed by atoms with Crippen LogP contribution < -0.4 is 20.7 Å². The number of carbonyl (C=O) groups is 1. The minimum Gasteiger partial charge on any atom is -0.493 e. The lowest BCUT2D eigenvalue weighted by Crippen LogP contribution is -2.36. The highest BCUT2D eigenvalue weighted by Crippen LogP contribution is 2.28. The number of fused-ring (bicyclic) bond motifs is 1. The van der Waals surface area contributed by atoms with Crippen molar-refractivity contribution in [3.63, 3.8) is 0 Å². The summed E-state index contributed by atoms with van der Waals surface area (Å²) in [5.41, 5.74) is 2.49. The first-order valence-corrected chi connectivity index (χ1v) is 12.9. The molecule has 5 rings (SSSR count). The van der Waals surface area contributed by atoms with Gasteiger partial charge < -0.3 is 25.6 Å². The zero-order valence-electron chi connectivity index (χ0n) is 21.4. The van der Waals surface area contributed by atoms with Crippen LogP contribution in [0.4, 0.5) is 36.5 Å². The van der Waals surface area contributed by atoms with E-state index in [9.17, 15) is 13.6 Å². The van der Waals surface area contributed by atoms with Gasteiger partial charge in [-0.3, -0.25) is 0 Å². The predicted octanol–water partition coefficient (Wildman–Crippen LogP) is 6.22. The smallest absolute Gasteiger partial charge is 0.323 e. The van der Waals surface area contributed by atoms with Gasteiger partial charge in [0.2, 0.25) is 0 Å². The molecule has 0 radical (unpaired) electrons. The number of hydrogen-bond donors (Lipinski definition) is 3. The maximum absolute atomic E-state index is 13.3. The van der Waals surface area contributed by atoms with Crippen LogP contribution in [0.2, 0.25) is 0 Å². The summed E-state index contributed by atoms with van der Waals surface area (Å²) in [5.74, 6) is 1.44. The van der Waals surface area contributed by atoms with E-state index in [0.29, 0.717) is 36.3 Å². The molecule has 0 atom stereocenters. The SMILES string of the molecule is O=C(Nc1ccc(Nc2ncnc3cc(OCC4CCN(CCF)CC4)ccc23)cc1)Nc1cccc(F)c1. The molecule has 0 aliphatic carbocycles. The number of hydrogen-bond acceptors (Lipinski definition) is 6. The number of amides is 2. The summed E-state index contributed by atoms with van der Waals surface area (Å²) in [7, 11) is 0. The maximum Gasteiger partial charge on any atom is 0.323 e. The summed E-state index contributed by atoms with van der Waals surface area (Å²) in [5, 5.41) is 9.47. The third kappa shape index (κ3) is 7.17. The molecule has 1 aliphatic heterocycles. The number of piperidine rings is 1. The number of benzene rings is 3. The summed E-state index contributed by atoms with van der Waals surface area (Å²) >= 11 is 0. The van der Waals surface area contributed by atoms with Gasteiger partial charge in [0.1, 0.15) is 30.4 Å².